The number of amides is 2. The highest BCUT2D eigenvalue weighted by molar-refractivity contribution is 6.30. The summed E-state index contributed by atoms with van der Waals surface area (Å²) >= 11 is 6.08. The van der Waals surface area contributed by atoms with Gasteiger partial charge in [0.1, 0.15) is 0 Å². The number of rotatable bonds is 5. The summed E-state index contributed by atoms with van der Waals surface area (Å²) in [5.41, 5.74) is 3.21. The Morgan fingerprint density at radius 1 is 1.03 bits per heavy atom. The molecule has 7 heteroatoms. The van der Waals surface area contributed by atoms with Crippen LogP contribution in [0.4, 0.5) is 5.69 Å². The first-order chi connectivity index (χ1) is 15.0. The molecule has 0 atom stereocenters. The maximum Gasteiger partial charge on any atom is 0.291 e. The van der Waals surface area contributed by atoms with Crippen molar-refractivity contribution in [3.05, 3.63) is 88.3 Å². The number of carbonyl (C=O) groups excluding carboxylic acids is 2. The molecule has 31 heavy (non-hydrogen) atoms. The van der Waals surface area contributed by atoms with E-state index in [9.17, 15) is 9.59 Å². The van der Waals surface area contributed by atoms with Gasteiger partial charge in [0.05, 0.1) is 6.26 Å². The lowest BCUT2D eigenvalue weighted by molar-refractivity contribution is 0.0628. The monoisotopic (exact) mass is 437 g/mol. The zero-order valence-corrected chi connectivity index (χ0v) is 18.1. The molecule has 0 spiro atoms. The molecule has 1 aliphatic rings. The van der Waals surface area contributed by atoms with Gasteiger partial charge in [0.25, 0.3) is 11.8 Å². The van der Waals surface area contributed by atoms with Gasteiger partial charge in [0.15, 0.2) is 5.76 Å². The van der Waals surface area contributed by atoms with Crippen LogP contribution in [-0.4, -0.2) is 47.8 Å². The number of carbonyl (C=O) groups is 2. The molecule has 1 N–H and O–H groups in total. The Morgan fingerprint density at radius 2 is 1.84 bits per heavy atom. The van der Waals surface area contributed by atoms with E-state index in [-0.39, 0.29) is 17.6 Å². The highest BCUT2D eigenvalue weighted by Gasteiger charge is 2.23. The van der Waals surface area contributed by atoms with Gasteiger partial charge in [-0.1, -0.05) is 29.8 Å². The van der Waals surface area contributed by atoms with Gasteiger partial charge in [0, 0.05) is 49.0 Å². The summed E-state index contributed by atoms with van der Waals surface area (Å²) in [7, 11) is 0. The van der Waals surface area contributed by atoms with Gasteiger partial charge in [-0.15, -0.1) is 0 Å². The minimum Gasteiger partial charge on any atom is -0.459 e. The number of furan rings is 1. The Morgan fingerprint density at radius 3 is 2.55 bits per heavy atom. The maximum absolute atomic E-state index is 13.0. The fraction of sp³-hybridized carbons (Fsp3) is 0.250. The first kappa shape index (κ1) is 21.2. The fourth-order valence-corrected chi connectivity index (χ4v) is 3.88. The van der Waals surface area contributed by atoms with Gasteiger partial charge in [0.2, 0.25) is 0 Å². The van der Waals surface area contributed by atoms with Crippen LogP contribution in [0.25, 0.3) is 0 Å². The van der Waals surface area contributed by atoms with Crippen LogP contribution in [0.5, 0.6) is 0 Å². The first-order valence-electron chi connectivity index (χ1n) is 10.2. The lowest BCUT2D eigenvalue weighted by Gasteiger charge is -2.35. The molecule has 0 radical (unpaired) electrons. The van der Waals surface area contributed by atoms with Crippen LogP contribution < -0.4 is 5.32 Å². The molecule has 4 rings (SSSR count). The molecule has 2 aromatic carbocycles. The average Bonchev–Trinajstić information content (AvgIpc) is 3.31. The summed E-state index contributed by atoms with van der Waals surface area (Å²) in [5.74, 6) is -0.143. The number of piperazine rings is 1. The van der Waals surface area contributed by atoms with E-state index in [0.717, 1.165) is 30.2 Å². The lowest BCUT2D eigenvalue weighted by atomic mass is 10.1. The van der Waals surface area contributed by atoms with E-state index in [1.165, 1.54) is 11.8 Å². The zero-order valence-electron chi connectivity index (χ0n) is 17.3. The molecule has 0 bridgehead atoms. The molecule has 0 aliphatic carbocycles. The molecule has 1 fully saturated rings. The van der Waals surface area contributed by atoms with Gasteiger partial charge in [-0.2, -0.15) is 0 Å². The molecule has 1 aromatic heterocycles. The standard InChI is InChI=1S/C24H24ClN3O3/c1-17-7-8-19(15-21(17)26-23(29)22-6-3-13-31-22)24(30)28-11-9-27(10-12-28)16-18-4-2-5-20(25)14-18/h2-8,13-15H,9-12,16H2,1H3,(H,26,29). The summed E-state index contributed by atoms with van der Waals surface area (Å²) < 4.78 is 5.14. The van der Waals surface area contributed by atoms with Crippen molar-refractivity contribution in [2.24, 2.45) is 0 Å². The molecule has 0 saturated carbocycles. The van der Waals surface area contributed by atoms with Gasteiger partial charge in [-0.05, 0) is 54.4 Å². The first-order valence-corrected chi connectivity index (χ1v) is 10.6. The van der Waals surface area contributed by atoms with Gasteiger partial charge in [-0.3, -0.25) is 14.5 Å². The van der Waals surface area contributed by atoms with Crippen LogP contribution in [0.2, 0.25) is 5.02 Å². The van der Waals surface area contributed by atoms with Crippen molar-refractivity contribution in [1.29, 1.82) is 0 Å². The van der Waals surface area contributed by atoms with E-state index in [0.29, 0.717) is 24.3 Å². The Hall–Kier alpha value is -3.09. The quantitative estimate of drug-likeness (QED) is 0.640. The summed E-state index contributed by atoms with van der Waals surface area (Å²) in [6.07, 6.45) is 1.45. The Labute approximate surface area is 186 Å². The van der Waals surface area contributed by atoms with Crippen molar-refractivity contribution in [1.82, 2.24) is 9.80 Å². The maximum atomic E-state index is 13.0. The van der Waals surface area contributed by atoms with Gasteiger partial charge in [-0.25, -0.2) is 0 Å². The predicted octanol–water partition coefficient (Wildman–Crippen LogP) is 4.45. The Kier molecular flexibility index (Phi) is 6.39. The van der Waals surface area contributed by atoms with E-state index in [1.54, 1.807) is 24.3 Å². The number of hydrogen-bond donors (Lipinski definition) is 1. The largest absolute Gasteiger partial charge is 0.459 e. The molecule has 1 saturated heterocycles. The number of nitrogens with zero attached hydrogens (tertiary/aromatic N) is 2. The van der Waals surface area contributed by atoms with Crippen LogP contribution in [-0.2, 0) is 6.54 Å². The second-order valence-electron chi connectivity index (χ2n) is 7.66. The number of hydrogen-bond acceptors (Lipinski definition) is 4. The van der Waals surface area contributed by atoms with Crippen LogP contribution in [0.3, 0.4) is 0 Å². The highest BCUT2D eigenvalue weighted by Crippen LogP contribution is 2.20. The van der Waals surface area contributed by atoms with Gasteiger partial charge >= 0.3 is 0 Å². The van der Waals surface area contributed by atoms with Crippen LogP contribution in [0.15, 0.2) is 65.3 Å². The van der Waals surface area contributed by atoms with Crippen molar-refractivity contribution in [2.75, 3.05) is 31.5 Å². The van der Waals surface area contributed by atoms with E-state index >= 15 is 0 Å². The fourth-order valence-electron chi connectivity index (χ4n) is 3.67. The molecule has 2 heterocycles. The average molecular weight is 438 g/mol. The Bertz CT molecular complexity index is 1070. The number of halogens is 1. The predicted molar refractivity (Wildman–Crippen MR) is 120 cm³/mol. The third-order valence-electron chi connectivity index (χ3n) is 5.43. The molecule has 2 amide bonds. The molecular weight excluding hydrogens is 414 g/mol. The summed E-state index contributed by atoms with van der Waals surface area (Å²) in [4.78, 5) is 29.5. The third kappa shape index (κ3) is 5.16. The number of benzene rings is 2. The molecule has 1 aliphatic heterocycles. The van der Waals surface area contributed by atoms with Crippen LogP contribution in [0, 0.1) is 6.92 Å². The van der Waals surface area contributed by atoms with Crippen molar-refractivity contribution in [3.8, 4) is 0 Å². The van der Waals surface area contributed by atoms with E-state index in [2.05, 4.69) is 16.3 Å². The molecule has 3 aromatic rings. The van der Waals surface area contributed by atoms with Crippen molar-refractivity contribution >= 4 is 29.1 Å². The second-order valence-corrected chi connectivity index (χ2v) is 8.10. The minimum absolute atomic E-state index is 0.0316. The second kappa shape index (κ2) is 9.37. The van der Waals surface area contributed by atoms with Gasteiger partial charge < -0.3 is 14.6 Å². The molecular formula is C24H24ClN3O3. The highest BCUT2D eigenvalue weighted by atomic mass is 35.5. The normalized spacial score (nSPS) is 14.5. The van der Waals surface area contributed by atoms with E-state index in [4.69, 9.17) is 16.0 Å². The van der Waals surface area contributed by atoms with Crippen molar-refractivity contribution in [2.45, 2.75) is 13.5 Å². The summed E-state index contributed by atoms with van der Waals surface area (Å²) in [5, 5.41) is 3.56. The zero-order chi connectivity index (χ0) is 21.8. The van der Waals surface area contributed by atoms with Crippen LogP contribution >= 0.6 is 11.6 Å². The lowest BCUT2D eigenvalue weighted by Crippen LogP contribution is -2.48. The molecule has 0 unspecified atom stereocenters. The molecule has 160 valence electrons. The molecule has 6 nitrogen and oxygen atoms in total. The third-order valence-corrected chi connectivity index (χ3v) is 5.67. The topological polar surface area (TPSA) is 65.8 Å². The van der Waals surface area contributed by atoms with Crippen molar-refractivity contribution in [3.63, 3.8) is 0 Å². The van der Waals surface area contributed by atoms with Crippen molar-refractivity contribution < 1.29 is 14.0 Å². The number of nitrogens with one attached hydrogen (secondary N) is 1. The number of aryl methyl sites for hydroxylation is 1. The number of anilines is 1. The SMILES string of the molecule is Cc1ccc(C(=O)N2CCN(Cc3cccc(Cl)c3)CC2)cc1NC(=O)c1ccco1. The smallest absolute Gasteiger partial charge is 0.291 e. The summed E-state index contributed by atoms with van der Waals surface area (Å²) in [6.45, 7) is 5.61. The van der Waals surface area contributed by atoms with Crippen LogP contribution in [0.1, 0.15) is 32.0 Å². The van der Waals surface area contributed by atoms with E-state index < -0.39 is 0 Å². The Balaban J connectivity index is 1.38. The minimum atomic E-state index is -0.340. The van der Waals surface area contributed by atoms with E-state index in [1.807, 2.05) is 36.1 Å². The summed E-state index contributed by atoms with van der Waals surface area (Å²) in [6, 6.07) is 16.5.